The van der Waals surface area contributed by atoms with Crippen molar-refractivity contribution in [1.82, 2.24) is 20.5 Å². The molecule has 0 bridgehead atoms. The molecule has 12 heteroatoms. The Morgan fingerprint density at radius 1 is 1.12 bits per heavy atom. The van der Waals surface area contributed by atoms with Crippen LogP contribution in [0.15, 0.2) is 42.5 Å². The molecule has 4 rings (SSSR count). The number of alkyl halides is 3. The Hall–Kier alpha value is -3.80. The monoisotopic (exact) mass is 589 g/mol. The van der Waals surface area contributed by atoms with Crippen molar-refractivity contribution in [2.24, 2.45) is 5.92 Å². The lowest BCUT2D eigenvalue weighted by Crippen LogP contribution is -3.10. The summed E-state index contributed by atoms with van der Waals surface area (Å²) in [4.78, 5) is 39.7. The van der Waals surface area contributed by atoms with Crippen molar-refractivity contribution in [2.45, 2.75) is 70.5 Å². The number of amides is 1. The number of unbranched alkanes of at least 4 members (excludes halogenated alkanes) is 2. The Bertz CT molecular complexity index is 1340. The third kappa shape index (κ3) is 9.93. The summed E-state index contributed by atoms with van der Waals surface area (Å²) in [6, 6.07) is 14.2. The van der Waals surface area contributed by atoms with Gasteiger partial charge < -0.3 is 20.1 Å². The highest BCUT2D eigenvalue weighted by molar-refractivity contribution is 5.86. The number of aromatic nitrogens is 3. The lowest BCUT2D eigenvalue weighted by Gasteiger charge is -2.27. The maximum absolute atomic E-state index is 13.1. The highest BCUT2D eigenvalue weighted by atomic mass is 19.4. The first kappa shape index (κ1) is 32.7. The van der Waals surface area contributed by atoms with E-state index in [4.69, 9.17) is 14.9 Å². The summed E-state index contributed by atoms with van der Waals surface area (Å²) in [5.41, 5.74) is 0.951. The van der Waals surface area contributed by atoms with Crippen LogP contribution < -0.4 is 15.3 Å². The first-order chi connectivity index (χ1) is 20.0. The molecule has 2 aromatic carbocycles. The highest BCUT2D eigenvalue weighted by Gasteiger charge is 2.30. The number of hydrogen-bond acceptors (Lipinski definition) is 6. The van der Waals surface area contributed by atoms with Crippen LogP contribution in [0.25, 0.3) is 22.2 Å². The molecule has 228 valence electrons. The number of hydrogen-bond donors (Lipinski definition) is 3. The van der Waals surface area contributed by atoms with E-state index in [0.717, 1.165) is 62.6 Å². The SMILES string of the molecule is CCC(=O)CCCCC[C@H](NC(=O)[C@H]1CCC[NH+](C)C1)c1nc(-c2ccc3ccccc3c2)n[nH]1.O=C([O-])C(F)(F)F. The molecule has 3 aromatic rings. The second-order valence-corrected chi connectivity index (χ2v) is 10.7. The number of nitrogens with zero attached hydrogens (tertiary/aromatic N) is 2. The van der Waals surface area contributed by atoms with E-state index < -0.39 is 12.1 Å². The predicted molar refractivity (Wildman–Crippen MR) is 149 cm³/mol. The number of piperidine rings is 1. The maximum Gasteiger partial charge on any atom is 0.430 e. The van der Waals surface area contributed by atoms with E-state index in [0.29, 0.717) is 30.3 Å². The fraction of sp³-hybridized carbons (Fsp3) is 0.500. The van der Waals surface area contributed by atoms with Crippen LogP contribution in [0, 0.1) is 5.92 Å². The van der Waals surface area contributed by atoms with Gasteiger partial charge in [0.05, 0.1) is 32.1 Å². The number of carbonyl (C=O) groups is 3. The van der Waals surface area contributed by atoms with E-state index in [1.807, 2.05) is 25.1 Å². The lowest BCUT2D eigenvalue weighted by atomic mass is 9.96. The molecule has 1 unspecified atom stereocenters. The molecular weight excluding hydrogens is 551 g/mol. The van der Waals surface area contributed by atoms with E-state index >= 15 is 0 Å². The van der Waals surface area contributed by atoms with Crippen LogP contribution in [0.4, 0.5) is 13.2 Å². The molecule has 1 fully saturated rings. The second-order valence-electron chi connectivity index (χ2n) is 10.7. The summed E-state index contributed by atoms with van der Waals surface area (Å²) in [5.74, 6) is -1.21. The van der Waals surface area contributed by atoms with Crippen LogP contribution in [0.1, 0.15) is 70.2 Å². The number of halogens is 3. The summed E-state index contributed by atoms with van der Waals surface area (Å²) in [6.07, 6.45) is 1.61. The Labute approximate surface area is 242 Å². The summed E-state index contributed by atoms with van der Waals surface area (Å²) >= 11 is 0. The third-order valence-corrected chi connectivity index (χ3v) is 7.35. The predicted octanol–water partition coefficient (Wildman–Crippen LogP) is 2.94. The van der Waals surface area contributed by atoms with Gasteiger partial charge in [-0.25, -0.2) is 4.98 Å². The van der Waals surface area contributed by atoms with Gasteiger partial charge in [0.15, 0.2) is 5.82 Å². The molecule has 0 radical (unpaired) electrons. The molecule has 1 aromatic heterocycles. The number of benzene rings is 2. The molecular formula is C30H38F3N5O4. The molecule has 9 nitrogen and oxygen atoms in total. The fourth-order valence-electron chi connectivity index (χ4n) is 4.98. The van der Waals surface area contributed by atoms with E-state index in [-0.39, 0.29) is 17.9 Å². The summed E-state index contributed by atoms with van der Waals surface area (Å²) in [7, 11) is 2.15. The van der Waals surface area contributed by atoms with Crippen molar-refractivity contribution in [1.29, 1.82) is 0 Å². The number of carbonyl (C=O) groups excluding carboxylic acids is 3. The van der Waals surface area contributed by atoms with E-state index in [1.54, 1.807) is 0 Å². The van der Waals surface area contributed by atoms with Gasteiger partial charge in [0.25, 0.3) is 0 Å². The third-order valence-electron chi connectivity index (χ3n) is 7.35. The normalized spacial score (nSPS) is 17.6. The number of Topliss-reactive ketones (excluding diaryl/α,β-unsaturated/α-hetero) is 1. The minimum absolute atomic E-state index is 0.0382. The quantitative estimate of drug-likeness (QED) is 0.295. The molecule has 3 atom stereocenters. The summed E-state index contributed by atoms with van der Waals surface area (Å²) in [5, 5.41) is 22.0. The maximum atomic E-state index is 13.1. The largest absolute Gasteiger partial charge is 0.542 e. The zero-order chi connectivity index (χ0) is 30.7. The van der Waals surface area contributed by atoms with Crippen molar-refractivity contribution < 1.29 is 37.6 Å². The average molecular weight is 590 g/mol. The molecule has 1 aliphatic rings. The summed E-state index contributed by atoms with van der Waals surface area (Å²) < 4.78 is 31.5. The molecule has 1 aliphatic heterocycles. The number of aromatic amines is 1. The van der Waals surface area contributed by atoms with Crippen LogP contribution >= 0.6 is 0 Å². The number of H-pyrrole nitrogens is 1. The number of nitrogens with one attached hydrogen (secondary N) is 3. The van der Waals surface area contributed by atoms with Gasteiger partial charge in [0.1, 0.15) is 17.6 Å². The summed E-state index contributed by atoms with van der Waals surface area (Å²) in [6.45, 7) is 3.91. The molecule has 0 aliphatic carbocycles. The van der Waals surface area contributed by atoms with Gasteiger partial charge in [0, 0.05) is 18.4 Å². The van der Waals surface area contributed by atoms with Crippen molar-refractivity contribution in [3.8, 4) is 11.4 Å². The Kier molecular flexibility index (Phi) is 12.0. The number of aliphatic carboxylic acids is 1. The van der Waals surface area contributed by atoms with E-state index in [1.165, 1.54) is 10.3 Å². The number of fused-ring (bicyclic) bond motifs is 1. The van der Waals surface area contributed by atoms with Crippen LogP contribution in [0.3, 0.4) is 0 Å². The molecule has 42 heavy (non-hydrogen) atoms. The van der Waals surface area contributed by atoms with Crippen LogP contribution in [-0.4, -0.2) is 59.2 Å². The Morgan fingerprint density at radius 3 is 2.50 bits per heavy atom. The Balaban J connectivity index is 0.000000616. The van der Waals surface area contributed by atoms with Crippen LogP contribution in [-0.2, 0) is 14.4 Å². The average Bonchev–Trinajstić information content (AvgIpc) is 3.46. The Morgan fingerprint density at radius 2 is 1.83 bits per heavy atom. The zero-order valence-corrected chi connectivity index (χ0v) is 23.9. The molecule has 1 amide bonds. The number of rotatable bonds is 11. The molecule has 0 spiro atoms. The van der Waals surface area contributed by atoms with Crippen LogP contribution in [0.2, 0.25) is 0 Å². The first-order valence-electron chi connectivity index (χ1n) is 14.3. The van der Waals surface area contributed by atoms with Crippen LogP contribution in [0.5, 0.6) is 0 Å². The lowest BCUT2D eigenvalue weighted by molar-refractivity contribution is -0.887. The van der Waals surface area contributed by atoms with E-state index in [9.17, 15) is 22.8 Å². The minimum atomic E-state index is -5.19. The minimum Gasteiger partial charge on any atom is -0.542 e. The van der Waals surface area contributed by atoms with Gasteiger partial charge in [-0.1, -0.05) is 56.2 Å². The van der Waals surface area contributed by atoms with Crippen molar-refractivity contribution in [3.63, 3.8) is 0 Å². The van der Waals surface area contributed by atoms with Gasteiger partial charge in [-0.3, -0.25) is 14.7 Å². The fourth-order valence-corrected chi connectivity index (χ4v) is 4.98. The number of quaternary nitrogens is 1. The molecule has 0 saturated carbocycles. The second kappa shape index (κ2) is 15.4. The number of likely N-dealkylation sites (tertiary alicyclic amines) is 1. The van der Waals surface area contributed by atoms with Gasteiger partial charge >= 0.3 is 6.18 Å². The number of carboxylic acid groups (broad SMARTS) is 1. The highest BCUT2D eigenvalue weighted by Crippen LogP contribution is 2.25. The van der Waals surface area contributed by atoms with Gasteiger partial charge in [0.2, 0.25) is 5.91 Å². The van der Waals surface area contributed by atoms with Gasteiger partial charge in [-0.15, -0.1) is 0 Å². The van der Waals surface area contributed by atoms with E-state index in [2.05, 4.69) is 46.8 Å². The van der Waals surface area contributed by atoms with Crippen molar-refractivity contribution in [2.75, 3.05) is 20.1 Å². The molecule has 1 saturated heterocycles. The number of ketones is 1. The van der Waals surface area contributed by atoms with Crippen molar-refractivity contribution in [3.05, 3.63) is 48.3 Å². The van der Waals surface area contributed by atoms with Crippen molar-refractivity contribution >= 4 is 28.4 Å². The van der Waals surface area contributed by atoms with Gasteiger partial charge in [-0.2, -0.15) is 18.3 Å². The zero-order valence-electron chi connectivity index (χ0n) is 23.9. The smallest absolute Gasteiger partial charge is 0.430 e. The first-order valence-corrected chi connectivity index (χ1v) is 14.3. The topological polar surface area (TPSA) is 132 Å². The molecule has 3 N–H and O–H groups in total. The van der Waals surface area contributed by atoms with Gasteiger partial charge in [-0.05, 0) is 42.5 Å². The standard InChI is InChI=1S/C28H37N5O2.C2HF3O2/c1-3-24(34)13-5-4-6-14-25(29-28(35)23-12-9-17-33(2)19-23)27-30-26(31-32-27)22-16-15-20-10-7-8-11-21(20)18-22;3-2(4,5)1(6)7/h7-8,10-11,15-16,18,23,25H,3-6,9,12-14,17,19H2,1-2H3,(H,29,35)(H,30,31,32);(H,6,7)/t23-,25-;/m0./s1. The molecule has 2 heterocycles. The number of carboxylic acids is 1.